The molecular formula is C18H19N3O6. The number of nitrogens with one attached hydrogen (secondary N) is 3. The van der Waals surface area contributed by atoms with E-state index in [0.717, 1.165) is 0 Å². The number of ether oxygens (including phenoxy) is 1. The van der Waals surface area contributed by atoms with E-state index in [4.69, 9.17) is 9.15 Å². The summed E-state index contributed by atoms with van der Waals surface area (Å²) in [7, 11) is 0. The Balaban J connectivity index is 1.68. The van der Waals surface area contributed by atoms with Crippen molar-refractivity contribution in [2.75, 3.05) is 6.61 Å². The van der Waals surface area contributed by atoms with Gasteiger partial charge in [0.1, 0.15) is 11.8 Å². The van der Waals surface area contributed by atoms with Gasteiger partial charge >= 0.3 is 12.0 Å². The van der Waals surface area contributed by atoms with Crippen LogP contribution in [-0.4, -0.2) is 36.5 Å². The van der Waals surface area contributed by atoms with E-state index < -0.39 is 36.5 Å². The molecule has 0 aliphatic heterocycles. The van der Waals surface area contributed by atoms with Crippen LogP contribution in [0, 0.1) is 0 Å². The zero-order chi connectivity index (χ0) is 19.6. The maximum Gasteiger partial charge on any atom is 0.328 e. The van der Waals surface area contributed by atoms with E-state index in [-0.39, 0.29) is 6.54 Å². The number of esters is 1. The van der Waals surface area contributed by atoms with E-state index in [1.165, 1.54) is 13.2 Å². The van der Waals surface area contributed by atoms with Crippen LogP contribution < -0.4 is 16.0 Å². The van der Waals surface area contributed by atoms with Gasteiger partial charge in [0.25, 0.3) is 11.8 Å². The Morgan fingerprint density at radius 3 is 2.48 bits per heavy atom. The third-order valence-electron chi connectivity index (χ3n) is 3.34. The first-order chi connectivity index (χ1) is 13.0. The van der Waals surface area contributed by atoms with Gasteiger partial charge in [-0.15, -0.1) is 0 Å². The van der Waals surface area contributed by atoms with Crippen LogP contribution >= 0.6 is 0 Å². The molecule has 2 rings (SSSR count). The van der Waals surface area contributed by atoms with Crippen LogP contribution in [0.25, 0.3) is 0 Å². The summed E-state index contributed by atoms with van der Waals surface area (Å²) in [5.41, 5.74) is 0.392. The van der Waals surface area contributed by atoms with Crippen molar-refractivity contribution < 1.29 is 28.3 Å². The van der Waals surface area contributed by atoms with E-state index in [1.807, 2.05) is 5.32 Å². The van der Waals surface area contributed by atoms with Gasteiger partial charge in [0, 0.05) is 5.56 Å². The first-order valence-corrected chi connectivity index (χ1v) is 8.08. The molecule has 9 heteroatoms. The molecule has 9 nitrogen and oxygen atoms in total. The number of hydrogen-bond acceptors (Lipinski definition) is 6. The Kier molecular flexibility index (Phi) is 7.12. The number of benzene rings is 1. The summed E-state index contributed by atoms with van der Waals surface area (Å²) < 4.78 is 9.82. The Bertz CT molecular complexity index is 789. The SMILES string of the molecule is C[C@H](NC(=O)c1ccccc1)C(=O)OCC(=O)NC(=O)NCc1ccco1. The topological polar surface area (TPSA) is 127 Å². The molecule has 1 atom stereocenters. The molecule has 1 aromatic heterocycles. The summed E-state index contributed by atoms with van der Waals surface area (Å²) in [5, 5.41) is 6.88. The number of carbonyl (C=O) groups excluding carboxylic acids is 4. The van der Waals surface area contributed by atoms with Crippen LogP contribution in [0.15, 0.2) is 53.1 Å². The molecule has 27 heavy (non-hydrogen) atoms. The summed E-state index contributed by atoms with van der Waals surface area (Å²) in [6.07, 6.45) is 1.46. The van der Waals surface area contributed by atoms with Gasteiger partial charge < -0.3 is 19.8 Å². The lowest BCUT2D eigenvalue weighted by Crippen LogP contribution is -2.43. The number of imide groups is 1. The van der Waals surface area contributed by atoms with Crippen LogP contribution in [0.3, 0.4) is 0 Å². The average Bonchev–Trinajstić information content (AvgIpc) is 3.18. The molecule has 0 aliphatic carbocycles. The molecule has 0 saturated heterocycles. The van der Waals surface area contributed by atoms with E-state index in [9.17, 15) is 19.2 Å². The number of urea groups is 1. The normalized spacial score (nSPS) is 11.1. The minimum absolute atomic E-state index is 0.106. The maximum atomic E-state index is 12.0. The Labute approximate surface area is 155 Å². The number of furan rings is 1. The van der Waals surface area contributed by atoms with Gasteiger partial charge in [-0.05, 0) is 31.2 Å². The zero-order valence-electron chi connectivity index (χ0n) is 14.6. The fourth-order valence-corrected chi connectivity index (χ4v) is 1.98. The number of hydrogen-bond donors (Lipinski definition) is 3. The quantitative estimate of drug-likeness (QED) is 0.621. The van der Waals surface area contributed by atoms with Crippen molar-refractivity contribution in [1.29, 1.82) is 0 Å². The molecule has 0 spiro atoms. The molecule has 1 aromatic carbocycles. The maximum absolute atomic E-state index is 12.0. The number of carbonyl (C=O) groups is 4. The van der Waals surface area contributed by atoms with Crippen molar-refractivity contribution in [2.24, 2.45) is 0 Å². The fourth-order valence-electron chi connectivity index (χ4n) is 1.98. The highest BCUT2D eigenvalue weighted by Gasteiger charge is 2.19. The van der Waals surface area contributed by atoms with Crippen molar-refractivity contribution in [1.82, 2.24) is 16.0 Å². The minimum Gasteiger partial charge on any atom is -0.467 e. The second-order valence-electron chi connectivity index (χ2n) is 5.48. The monoisotopic (exact) mass is 373 g/mol. The standard InChI is InChI=1S/C18H19N3O6/c1-12(20-16(23)13-6-3-2-4-7-13)17(24)27-11-15(22)21-18(25)19-10-14-8-5-9-26-14/h2-9,12H,10-11H2,1H3,(H,20,23)(H2,19,21,22,25)/t12-/m0/s1. The highest BCUT2D eigenvalue weighted by atomic mass is 16.5. The highest BCUT2D eigenvalue weighted by Crippen LogP contribution is 2.00. The third kappa shape index (κ3) is 6.65. The van der Waals surface area contributed by atoms with Crippen molar-refractivity contribution in [3.05, 3.63) is 60.1 Å². The van der Waals surface area contributed by atoms with Crippen LogP contribution in [0.4, 0.5) is 4.79 Å². The highest BCUT2D eigenvalue weighted by molar-refractivity contribution is 5.97. The van der Waals surface area contributed by atoms with Gasteiger partial charge in [-0.25, -0.2) is 9.59 Å². The molecule has 0 saturated carbocycles. The summed E-state index contributed by atoms with van der Waals surface area (Å²) in [4.78, 5) is 47.0. The van der Waals surface area contributed by atoms with Gasteiger partial charge in [-0.1, -0.05) is 18.2 Å². The van der Waals surface area contributed by atoms with Crippen LogP contribution in [0.1, 0.15) is 23.0 Å². The lowest BCUT2D eigenvalue weighted by atomic mass is 10.2. The summed E-state index contributed by atoms with van der Waals surface area (Å²) in [5.74, 6) is -1.53. The number of amides is 4. The molecule has 0 radical (unpaired) electrons. The smallest absolute Gasteiger partial charge is 0.328 e. The Morgan fingerprint density at radius 2 is 1.81 bits per heavy atom. The largest absolute Gasteiger partial charge is 0.467 e. The molecule has 142 valence electrons. The van der Waals surface area contributed by atoms with Crippen LogP contribution in [-0.2, 0) is 20.9 Å². The van der Waals surface area contributed by atoms with Crippen molar-refractivity contribution in [3.63, 3.8) is 0 Å². The van der Waals surface area contributed by atoms with Gasteiger partial charge in [0.2, 0.25) is 0 Å². The molecule has 2 aromatic rings. The van der Waals surface area contributed by atoms with Crippen molar-refractivity contribution in [3.8, 4) is 0 Å². The summed E-state index contributed by atoms with van der Waals surface area (Å²) in [6.45, 7) is 0.879. The molecule has 0 unspecified atom stereocenters. The third-order valence-corrected chi connectivity index (χ3v) is 3.34. The fraction of sp³-hybridized carbons (Fsp3) is 0.222. The Hall–Kier alpha value is -3.62. The van der Waals surface area contributed by atoms with Crippen LogP contribution in [0.5, 0.6) is 0 Å². The molecule has 4 amide bonds. The first kappa shape index (κ1) is 19.7. The van der Waals surface area contributed by atoms with Gasteiger partial charge in [0.15, 0.2) is 6.61 Å². The zero-order valence-corrected chi connectivity index (χ0v) is 14.6. The van der Waals surface area contributed by atoms with Gasteiger partial charge in [-0.2, -0.15) is 0 Å². The van der Waals surface area contributed by atoms with E-state index >= 15 is 0 Å². The van der Waals surface area contributed by atoms with Gasteiger partial charge in [0.05, 0.1) is 12.8 Å². The summed E-state index contributed by atoms with van der Waals surface area (Å²) >= 11 is 0. The molecule has 0 fully saturated rings. The van der Waals surface area contributed by atoms with E-state index in [0.29, 0.717) is 11.3 Å². The first-order valence-electron chi connectivity index (χ1n) is 8.08. The molecule has 1 heterocycles. The molecule has 0 bridgehead atoms. The predicted molar refractivity (Wildman–Crippen MR) is 93.4 cm³/mol. The second kappa shape index (κ2) is 9.76. The molecular weight excluding hydrogens is 354 g/mol. The minimum atomic E-state index is -0.960. The van der Waals surface area contributed by atoms with E-state index in [2.05, 4.69) is 10.6 Å². The Morgan fingerprint density at radius 1 is 1.07 bits per heavy atom. The second-order valence-corrected chi connectivity index (χ2v) is 5.48. The average molecular weight is 373 g/mol. The lowest BCUT2D eigenvalue weighted by Gasteiger charge is -2.13. The van der Waals surface area contributed by atoms with Crippen LogP contribution in [0.2, 0.25) is 0 Å². The molecule has 0 aliphatic rings. The van der Waals surface area contributed by atoms with E-state index in [1.54, 1.807) is 42.5 Å². The van der Waals surface area contributed by atoms with Crippen molar-refractivity contribution >= 4 is 23.8 Å². The predicted octanol–water partition coefficient (Wildman–Crippen LogP) is 0.967. The van der Waals surface area contributed by atoms with Crippen molar-refractivity contribution in [2.45, 2.75) is 19.5 Å². The number of rotatable bonds is 7. The van der Waals surface area contributed by atoms with Gasteiger partial charge in [-0.3, -0.25) is 14.9 Å². The lowest BCUT2D eigenvalue weighted by molar-refractivity contribution is -0.149. The summed E-state index contributed by atoms with van der Waals surface area (Å²) in [6, 6.07) is 9.96. The molecule has 3 N–H and O–H groups in total.